The van der Waals surface area contributed by atoms with Crippen molar-refractivity contribution in [2.75, 3.05) is 22.6 Å². The Hall–Kier alpha value is -1.92. The molecule has 3 rings (SSSR count). The molecule has 0 radical (unpaired) electrons. The van der Waals surface area contributed by atoms with Crippen molar-refractivity contribution < 1.29 is 9.21 Å². The van der Waals surface area contributed by atoms with Gasteiger partial charge in [-0.2, -0.15) is 11.8 Å². The number of oxazole rings is 1. The van der Waals surface area contributed by atoms with Crippen molar-refractivity contribution >= 4 is 46.2 Å². The quantitative estimate of drug-likeness (QED) is 0.512. The Labute approximate surface area is 143 Å². The Morgan fingerprint density at radius 1 is 1.04 bits per heavy atom. The third-order valence-electron chi connectivity index (χ3n) is 3.02. The lowest BCUT2D eigenvalue weighted by Gasteiger charge is -2.04. The summed E-state index contributed by atoms with van der Waals surface area (Å²) in [5, 5.41) is 3.55. The van der Waals surface area contributed by atoms with Crippen LogP contribution in [0.25, 0.3) is 11.1 Å². The van der Waals surface area contributed by atoms with Crippen LogP contribution in [0.5, 0.6) is 0 Å². The molecule has 4 nitrogen and oxygen atoms in total. The maximum atomic E-state index is 11.8. The van der Waals surface area contributed by atoms with Crippen LogP contribution >= 0.6 is 23.5 Å². The number of hydrogen-bond donors (Lipinski definition) is 1. The molecule has 0 saturated carbocycles. The molecule has 118 valence electrons. The highest BCUT2D eigenvalue weighted by atomic mass is 32.2. The summed E-state index contributed by atoms with van der Waals surface area (Å²) in [6.07, 6.45) is 0. The van der Waals surface area contributed by atoms with E-state index in [-0.39, 0.29) is 5.91 Å². The van der Waals surface area contributed by atoms with Crippen LogP contribution in [0.15, 0.2) is 64.2 Å². The zero-order chi connectivity index (χ0) is 15.9. The van der Waals surface area contributed by atoms with Gasteiger partial charge in [0.05, 0.1) is 5.75 Å². The second-order valence-electron chi connectivity index (χ2n) is 4.76. The van der Waals surface area contributed by atoms with Gasteiger partial charge in [0.1, 0.15) is 5.52 Å². The number of amides is 1. The van der Waals surface area contributed by atoms with Crippen molar-refractivity contribution in [2.24, 2.45) is 0 Å². The molecule has 0 saturated heterocycles. The normalized spacial score (nSPS) is 10.8. The molecular weight excluding hydrogens is 328 g/mol. The van der Waals surface area contributed by atoms with Crippen LogP contribution in [-0.2, 0) is 4.79 Å². The topological polar surface area (TPSA) is 55.1 Å². The molecule has 1 heterocycles. The number of carbonyl (C=O) groups excluding carboxylic acids is 1. The standard InChI is InChI=1S/C17H16N2O2S2/c20-16(18-13-6-2-1-3-7-13)12-22-10-11-23-17-19-14-8-4-5-9-15(14)21-17/h1-9H,10-12H2,(H,18,20). The second-order valence-corrected chi connectivity index (χ2v) is 6.91. The van der Waals surface area contributed by atoms with Crippen molar-refractivity contribution in [3.63, 3.8) is 0 Å². The van der Waals surface area contributed by atoms with Gasteiger partial charge in [0.2, 0.25) is 5.91 Å². The molecule has 0 aliphatic carbocycles. The molecule has 1 aromatic heterocycles. The molecule has 0 aliphatic rings. The Morgan fingerprint density at radius 3 is 2.65 bits per heavy atom. The number of fused-ring (bicyclic) bond motifs is 1. The summed E-state index contributed by atoms with van der Waals surface area (Å²) in [6.45, 7) is 0. The Morgan fingerprint density at radius 2 is 1.83 bits per heavy atom. The maximum Gasteiger partial charge on any atom is 0.256 e. The number of nitrogens with one attached hydrogen (secondary N) is 1. The van der Waals surface area contributed by atoms with E-state index >= 15 is 0 Å². The van der Waals surface area contributed by atoms with E-state index in [1.807, 2.05) is 54.6 Å². The average Bonchev–Trinajstić information content (AvgIpc) is 2.98. The zero-order valence-electron chi connectivity index (χ0n) is 12.4. The lowest BCUT2D eigenvalue weighted by molar-refractivity contribution is -0.113. The summed E-state index contributed by atoms with van der Waals surface area (Å²) in [4.78, 5) is 16.2. The number of rotatable bonds is 7. The Bertz CT molecular complexity index is 741. The van der Waals surface area contributed by atoms with Crippen LogP contribution < -0.4 is 5.32 Å². The molecule has 3 aromatic rings. The number of aromatic nitrogens is 1. The van der Waals surface area contributed by atoms with Gasteiger partial charge in [0, 0.05) is 17.2 Å². The molecule has 23 heavy (non-hydrogen) atoms. The van der Waals surface area contributed by atoms with Gasteiger partial charge in [-0.1, -0.05) is 42.1 Å². The molecule has 1 amide bonds. The minimum atomic E-state index is 0.0214. The first-order valence-electron chi connectivity index (χ1n) is 7.22. The zero-order valence-corrected chi connectivity index (χ0v) is 14.0. The molecule has 0 unspecified atom stereocenters. The van der Waals surface area contributed by atoms with Gasteiger partial charge in [0.15, 0.2) is 5.58 Å². The van der Waals surface area contributed by atoms with Gasteiger partial charge in [-0.25, -0.2) is 4.98 Å². The van der Waals surface area contributed by atoms with Crippen molar-refractivity contribution in [3.8, 4) is 0 Å². The number of anilines is 1. The monoisotopic (exact) mass is 344 g/mol. The van der Waals surface area contributed by atoms with E-state index < -0.39 is 0 Å². The van der Waals surface area contributed by atoms with Crippen molar-refractivity contribution in [1.29, 1.82) is 0 Å². The van der Waals surface area contributed by atoms with Gasteiger partial charge in [0.25, 0.3) is 5.22 Å². The van der Waals surface area contributed by atoms with E-state index in [2.05, 4.69) is 10.3 Å². The third kappa shape index (κ3) is 4.77. The lowest BCUT2D eigenvalue weighted by atomic mass is 10.3. The van der Waals surface area contributed by atoms with Crippen LogP contribution in [0.3, 0.4) is 0 Å². The van der Waals surface area contributed by atoms with E-state index in [1.54, 1.807) is 23.5 Å². The summed E-state index contributed by atoms with van der Waals surface area (Å²) < 4.78 is 5.64. The molecule has 0 atom stereocenters. The highest BCUT2D eigenvalue weighted by Gasteiger charge is 2.06. The number of hydrogen-bond acceptors (Lipinski definition) is 5. The summed E-state index contributed by atoms with van der Waals surface area (Å²) in [6, 6.07) is 17.2. The molecule has 2 aromatic carbocycles. The fourth-order valence-corrected chi connectivity index (χ4v) is 3.68. The number of benzene rings is 2. The van der Waals surface area contributed by atoms with Gasteiger partial charge < -0.3 is 9.73 Å². The molecule has 6 heteroatoms. The molecule has 0 bridgehead atoms. The summed E-state index contributed by atoms with van der Waals surface area (Å²) >= 11 is 3.18. The van der Waals surface area contributed by atoms with Crippen LogP contribution in [0.4, 0.5) is 5.69 Å². The lowest BCUT2D eigenvalue weighted by Crippen LogP contribution is -2.14. The van der Waals surface area contributed by atoms with E-state index in [9.17, 15) is 4.79 Å². The van der Waals surface area contributed by atoms with Crippen molar-refractivity contribution in [3.05, 3.63) is 54.6 Å². The first kappa shape index (κ1) is 16.0. The van der Waals surface area contributed by atoms with Crippen LogP contribution in [-0.4, -0.2) is 28.1 Å². The Kier molecular flexibility index (Phi) is 5.60. The smallest absolute Gasteiger partial charge is 0.256 e. The fourth-order valence-electron chi connectivity index (χ4n) is 1.98. The third-order valence-corrected chi connectivity index (χ3v) is 5.07. The summed E-state index contributed by atoms with van der Waals surface area (Å²) in [5.74, 6) is 2.19. The van der Waals surface area contributed by atoms with E-state index in [4.69, 9.17) is 4.42 Å². The van der Waals surface area contributed by atoms with E-state index in [1.165, 1.54) is 0 Å². The number of para-hydroxylation sites is 3. The summed E-state index contributed by atoms with van der Waals surface area (Å²) in [5.41, 5.74) is 2.52. The van der Waals surface area contributed by atoms with Crippen LogP contribution in [0, 0.1) is 0 Å². The fraction of sp³-hybridized carbons (Fsp3) is 0.176. The van der Waals surface area contributed by atoms with Crippen molar-refractivity contribution in [1.82, 2.24) is 4.98 Å². The maximum absolute atomic E-state index is 11.8. The second kappa shape index (κ2) is 8.08. The SMILES string of the molecule is O=C(CSCCSc1nc2ccccc2o1)Nc1ccccc1. The predicted molar refractivity (Wildman–Crippen MR) is 97.1 cm³/mol. The van der Waals surface area contributed by atoms with Gasteiger partial charge in [-0.15, -0.1) is 0 Å². The summed E-state index contributed by atoms with van der Waals surface area (Å²) in [7, 11) is 0. The van der Waals surface area contributed by atoms with Gasteiger partial charge >= 0.3 is 0 Å². The molecule has 0 fully saturated rings. The predicted octanol–water partition coefficient (Wildman–Crippen LogP) is 4.29. The van der Waals surface area contributed by atoms with Crippen LogP contribution in [0.1, 0.15) is 0 Å². The highest BCUT2D eigenvalue weighted by Crippen LogP contribution is 2.23. The number of nitrogens with zero attached hydrogens (tertiary/aromatic N) is 1. The average molecular weight is 344 g/mol. The van der Waals surface area contributed by atoms with Gasteiger partial charge in [-0.05, 0) is 24.3 Å². The van der Waals surface area contributed by atoms with Crippen LogP contribution in [0.2, 0.25) is 0 Å². The van der Waals surface area contributed by atoms with Gasteiger partial charge in [-0.3, -0.25) is 4.79 Å². The molecular formula is C17H16N2O2S2. The first-order valence-corrected chi connectivity index (χ1v) is 9.36. The first-order chi connectivity index (χ1) is 11.3. The number of carbonyl (C=O) groups is 1. The Balaban J connectivity index is 1.36. The molecule has 0 aliphatic heterocycles. The largest absolute Gasteiger partial charge is 0.431 e. The van der Waals surface area contributed by atoms with E-state index in [0.29, 0.717) is 11.0 Å². The molecule has 1 N–H and O–H groups in total. The minimum absolute atomic E-state index is 0.0214. The minimum Gasteiger partial charge on any atom is -0.431 e. The van der Waals surface area contributed by atoms with Crippen molar-refractivity contribution in [2.45, 2.75) is 5.22 Å². The highest BCUT2D eigenvalue weighted by molar-refractivity contribution is 8.03. The molecule has 0 spiro atoms. The number of thioether (sulfide) groups is 2. The van der Waals surface area contributed by atoms with E-state index in [0.717, 1.165) is 28.3 Å².